The van der Waals surface area contributed by atoms with E-state index < -0.39 is 0 Å². The van der Waals surface area contributed by atoms with E-state index in [1.165, 1.54) is 24.8 Å². The Morgan fingerprint density at radius 2 is 1.72 bits per heavy atom. The molecule has 1 atom stereocenters. The van der Waals surface area contributed by atoms with Gasteiger partial charge in [0, 0.05) is 0 Å². The number of carbonyl (C=O) groups is 1. The second-order valence-electron chi connectivity index (χ2n) is 6.20. The zero-order valence-corrected chi connectivity index (χ0v) is 14.1. The summed E-state index contributed by atoms with van der Waals surface area (Å²) < 4.78 is 12.9. The molecule has 0 radical (unpaired) electrons. The van der Waals surface area contributed by atoms with Crippen LogP contribution in [0.4, 0.5) is 4.39 Å². The SMILES string of the molecule is O=C(NN=Cc1ccc(F)cc1)[C@@H](c1ccccc1)N1CCCCC1. The van der Waals surface area contributed by atoms with Gasteiger partial charge in [0.15, 0.2) is 0 Å². The third-order valence-electron chi connectivity index (χ3n) is 4.38. The van der Waals surface area contributed by atoms with Gasteiger partial charge in [0.2, 0.25) is 0 Å². The maximum atomic E-state index is 12.9. The fourth-order valence-corrected chi connectivity index (χ4v) is 3.12. The Kier molecular flexibility index (Phi) is 5.90. The van der Waals surface area contributed by atoms with Crippen molar-refractivity contribution in [3.8, 4) is 0 Å². The highest BCUT2D eigenvalue weighted by Gasteiger charge is 2.28. The van der Waals surface area contributed by atoms with Crippen molar-refractivity contribution >= 4 is 12.1 Å². The van der Waals surface area contributed by atoms with Crippen molar-refractivity contribution in [3.63, 3.8) is 0 Å². The molecule has 0 aromatic heterocycles. The summed E-state index contributed by atoms with van der Waals surface area (Å²) in [6.45, 7) is 1.82. The minimum atomic E-state index is -0.341. The van der Waals surface area contributed by atoms with Crippen molar-refractivity contribution in [2.45, 2.75) is 25.3 Å². The fraction of sp³-hybridized carbons (Fsp3) is 0.300. The molecule has 1 N–H and O–H groups in total. The molecule has 0 aliphatic carbocycles. The zero-order chi connectivity index (χ0) is 17.5. The van der Waals surface area contributed by atoms with Gasteiger partial charge in [-0.1, -0.05) is 48.9 Å². The number of halogens is 1. The van der Waals surface area contributed by atoms with Crippen molar-refractivity contribution in [3.05, 3.63) is 71.5 Å². The van der Waals surface area contributed by atoms with Crippen LogP contribution in [-0.4, -0.2) is 30.1 Å². The van der Waals surface area contributed by atoms with E-state index in [9.17, 15) is 9.18 Å². The summed E-state index contributed by atoms with van der Waals surface area (Å²) in [7, 11) is 0. The lowest BCUT2D eigenvalue weighted by Crippen LogP contribution is -2.41. The summed E-state index contributed by atoms with van der Waals surface area (Å²) >= 11 is 0. The van der Waals surface area contributed by atoms with E-state index in [0.29, 0.717) is 0 Å². The lowest BCUT2D eigenvalue weighted by atomic mass is 10.0. The van der Waals surface area contributed by atoms with Crippen LogP contribution in [-0.2, 0) is 4.79 Å². The van der Waals surface area contributed by atoms with Crippen LogP contribution in [0, 0.1) is 5.82 Å². The van der Waals surface area contributed by atoms with E-state index in [1.807, 2.05) is 30.3 Å². The molecule has 0 bridgehead atoms. The van der Waals surface area contributed by atoms with Crippen LogP contribution >= 0.6 is 0 Å². The van der Waals surface area contributed by atoms with Crippen molar-refractivity contribution < 1.29 is 9.18 Å². The van der Waals surface area contributed by atoms with Gasteiger partial charge in [-0.2, -0.15) is 5.10 Å². The van der Waals surface area contributed by atoms with E-state index in [4.69, 9.17) is 0 Å². The van der Waals surface area contributed by atoms with Gasteiger partial charge in [-0.3, -0.25) is 9.69 Å². The summed E-state index contributed by atoms with van der Waals surface area (Å²) in [5.41, 5.74) is 4.34. The number of piperidine rings is 1. The standard InChI is InChI=1S/C20H22FN3O/c21-18-11-9-16(10-12-18)15-22-23-20(25)19(17-7-3-1-4-8-17)24-13-5-2-6-14-24/h1,3-4,7-12,15,19H,2,5-6,13-14H2,(H,23,25)/t19-/m1/s1. The molecule has 5 heteroatoms. The number of likely N-dealkylation sites (tertiary alicyclic amines) is 1. The van der Waals surface area contributed by atoms with Crippen molar-refractivity contribution in [1.29, 1.82) is 0 Å². The smallest absolute Gasteiger partial charge is 0.262 e. The molecule has 0 saturated carbocycles. The van der Waals surface area contributed by atoms with Crippen LogP contribution in [0.5, 0.6) is 0 Å². The average molecular weight is 339 g/mol. The molecule has 25 heavy (non-hydrogen) atoms. The highest BCUT2D eigenvalue weighted by atomic mass is 19.1. The lowest BCUT2D eigenvalue weighted by Gasteiger charge is -2.33. The Labute approximate surface area is 147 Å². The zero-order valence-electron chi connectivity index (χ0n) is 14.1. The number of hydrogen-bond donors (Lipinski definition) is 1. The van der Waals surface area contributed by atoms with Crippen molar-refractivity contribution in [2.24, 2.45) is 5.10 Å². The topological polar surface area (TPSA) is 44.7 Å². The van der Waals surface area contributed by atoms with Crippen LogP contribution in [0.2, 0.25) is 0 Å². The summed E-state index contributed by atoms with van der Waals surface area (Å²) in [5, 5.41) is 4.04. The first kappa shape index (κ1) is 17.3. The van der Waals surface area contributed by atoms with Crippen LogP contribution in [0.25, 0.3) is 0 Å². The van der Waals surface area contributed by atoms with Gasteiger partial charge >= 0.3 is 0 Å². The molecule has 0 spiro atoms. The van der Waals surface area contributed by atoms with E-state index in [-0.39, 0.29) is 17.8 Å². The minimum Gasteiger partial charge on any atom is -0.288 e. The van der Waals surface area contributed by atoms with Crippen LogP contribution in [0.15, 0.2) is 59.7 Å². The number of rotatable bonds is 5. The van der Waals surface area contributed by atoms with Gasteiger partial charge < -0.3 is 0 Å². The maximum absolute atomic E-state index is 12.9. The summed E-state index contributed by atoms with van der Waals surface area (Å²) in [4.78, 5) is 15.0. The molecular weight excluding hydrogens is 317 g/mol. The molecular formula is C20H22FN3O. The quantitative estimate of drug-likeness (QED) is 0.669. The highest BCUT2D eigenvalue weighted by Crippen LogP contribution is 2.24. The first-order valence-corrected chi connectivity index (χ1v) is 8.61. The predicted molar refractivity (Wildman–Crippen MR) is 96.7 cm³/mol. The Morgan fingerprint density at radius 1 is 1.04 bits per heavy atom. The number of hydrazone groups is 1. The maximum Gasteiger partial charge on any atom is 0.262 e. The second kappa shape index (κ2) is 8.53. The van der Waals surface area contributed by atoms with Crippen LogP contribution < -0.4 is 5.43 Å². The second-order valence-corrected chi connectivity index (χ2v) is 6.20. The van der Waals surface area contributed by atoms with Gasteiger partial charge in [0.05, 0.1) is 6.21 Å². The average Bonchev–Trinajstić information content (AvgIpc) is 2.65. The van der Waals surface area contributed by atoms with Gasteiger partial charge in [-0.15, -0.1) is 0 Å². The first-order chi connectivity index (χ1) is 12.2. The molecule has 2 aromatic rings. The molecule has 2 aromatic carbocycles. The molecule has 130 valence electrons. The van der Waals surface area contributed by atoms with E-state index in [1.54, 1.807) is 12.1 Å². The molecule has 3 rings (SSSR count). The molecule has 1 aliphatic heterocycles. The van der Waals surface area contributed by atoms with E-state index in [2.05, 4.69) is 15.4 Å². The number of carbonyl (C=O) groups excluding carboxylic acids is 1. The molecule has 1 aliphatic rings. The summed E-state index contributed by atoms with van der Waals surface area (Å²) in [6.07, 6.45) is 4.95. The third kappa shape index (κ3) is 4.73. The monoisotopic (exact) mass is 339 g/mol. The number of nitrogens with zero attached hydrogens (tertiary/aromatic N) is 2. The Hall–Kier alpha value is -2.53. The molecule has 4 nitrogen and oxygen atoms in total. The Bertz CT molecular complexity index is 709. The number of benzene rings is 2. The molecule has 1 saturated heterocycles. The fourth-order valence-electron chi connectivity index (χ4n) is 3.12. The lowest BCUT2D eigenvalue weighted by molar-refractivity contribution is -0.127. The van der Waals surface area contributed by atoms with Gasteiger partial charge in [0.1, 0.15) is 11.9 Å². The molecule has 0 unspecified atom stereocenters. The Balaban J connectivity index is 1.71. The molecule has 1 amide bonds. The van der Waals surface area contributed by atoms with Gasteiger partial charge in [0.25, 0.3) is 5.91 Å². The van der Waals surface area contributed by atoms with Crippen LogP contribution in [0.1, 0.15) is 36.4 Å². The number of amides is 1. The third-order valence-corrected chi connectivity index (χ3v) is 4.38. The predicted octanol–water partition coefficient (Wildman–Crippen LogP) is 3.50. The molecule has 1 fully saturated rings. The number of hydrogen-bond acceptors (Lipinski definition) is 3. The summed E-state index contributed by atoms with van der Waals surface area (Å²) in [5.74, 6) is -0.443. The Morgan fingerprint density at radius 3 is 2.40 bits per heavy atom. The van der Waals surface area contributed by atoms with Gasteiger partial charge in [-0.25, -0.2) is 9.82 Å². The first-order valence-electron chi connectivity index (χ1n) is 8.61. The van der Waals surface area contributed by atoms with E-state index >= 15 is 0 Å². The van der Waals surface area contributed by atoms with E-state index in [0.717, 1.165) is 37.1 Å². The minimum absolute atomic E-state index is 0.147. The summed E-state index contributed by atoms with van der Waals surface area (Å²) in [6, 6.07) is 15.4. The van der Waals surface area contributed by atoms with Crippen molar-refractivity contribution in [2.75, 3.05) is 13.1 Å². The molecule has 1 heterocycles. The van der Waals surface area contributed by atoms with Crippen molar-refractivity contribution in [1.82, 2.24) is 10.3 Å². The van der Waals surface area contributed by atoms with Gasteiger partial charge in [-0.05, 0) is 49.2 Å². The normalized spacial score (nSPS) is 16.7. The largest absolute Gasteiger partial charge is 0.288 e. The highest BCUT2D eigenvalue weighted by molar-refractivity contribution is 5.85. The number of nitrogens with one attached hydrogen (secondary N) is 1. The van der Waals surface area contributed by atoms with Crippen LogP contribution in [0.3, 0.4) is 0 Å².